The summed E-state index contributed by atoms with van der Waals surface area (Å²) in [6, 6.07) is 14.0. The van der Waals surface area contributed by atoms with Gasteiger partial charge in [-0.2, -0.15) is 0 Å². The Morgan fingerprint density at radius 3 is 2.79 bits per heavy atom. The highest BCUT2D eigenvalue weighted by molar-refractivity contribution is 5.94. The maximum atomic E-state index is 12.3. The molecule has 7 nitrogen and oxygen atoms in total. The van der Waals surface area contributed by atoms with Gasteiger partial charge >= 0.3 is 5.97 Å². The van der Waals surface area contributed by atoms with Crippen molar-refractivity contribution in [2.45, 2.75) is 19.6 Å². The number of imidazole rings is 1. The highest BCUT2D eigenvalue weighted by Crippen LogP contribution is 2.16. The number of benzene rings is 2. The number of amides is 1. The van der Waals surface area contributed by atoms with Crippen molar-refractivity contribution < 1.29 is 19.1 Å². The molecule has 0 aliphatic heterocycles. The number of carbonyl (C=O) groups is 2. The van der Waals surface area contributed by atoms with Gasteiger partial charge in [0.25, 0.3) is 0 Å². The second-order valence-electron chi connectivity index (χ2n) is 6.11. The van der Waals surface area contributed by atoms with Gasteiger partial charge in [0.15, 0.2) is 0 Å². The number of hydrogen-bond acceptors (Lipinski definition) is 5. The van der Waals surface area contributed by atoms with E-state index in [1.54, 1.807) is 50.1 Å². The highest BCUT2D eigenvalue weighted by Gasteiger charge is 2.10. The van der Waals surface area contributed by atoms with Crippen LogP contribution in [0.1, 0.15) is 22.3 Å². The quantitative estimate of drug-likeness (QED) is 0.608. The van der Waals surface area contributed by atoms with Crippen LogP contribution in [0.4, 0.5) is 5.69 Å². The number of hydrogen-bond donors (Lipinski definition) is 1. The lowest BCUT2D eigenvalue weighted by molar-refractivity contribution is -0.116. The van der Waals surface area contributed by atoms with Crippen molar-refractivity contribution in [3.05, 3.63) is 78.4 Å². The maximum absolute atomic E-state index is 12.3. The first-order valence-corrected chi connectivity index (χ1v) is 8.80. The van der Waals surface area contributed by atoms with Gasteiger partial charge in [-0.3, -0.25) is 4.79 Å². The molecule has 7 heteroatoms. The van der Waals surface area contributed by atoms with E-state index in [1.807, 2.05) is 28.8 Å². The Morgan fingerprint density at radius 2 is 2.00 bits per heavy atom. The molecule has 1 heterocycles. The van der Waals surface area contributed by atoms with Gasteiger partial charge in [-0.25, -0.2) is 9.78 Å². The number of ether oxygens (including phenoxy) is 2. The van der Waals surface area contributed by atoms with Crippen molar-refractivity contribution >= 4 is 17.6 Å². The van der Waals surface area contributed by atoms with E-state index in [-0.39, 0.29) is 12.5 Å². The molecule has 3 aromatic rings. The fourth-order valence-corrected chi connectivity index (χ4v) is 2.59. The minimum absolute atomic E-state index is 0.136. The Bertz CT molecular complexity index is 938. The van der Waals surface area contributed by atoms with Crippen molar-refractivity contribution in [1.29, 1.82) is 0 Å². The first-order chi connectivity index (χ1) is 13.6. The predicted molar refractivity (Wildman–Crippen MR) is 104 cm³/mol. The zero-order chi connectivity index (χ0) is 19.8. The van der Waals surface area contributed by atoms with E-state index in [0.717, 1.165) is 5.56 Å². The van der Waals surface area contributed by atoms with Crippen LogP contribution >= 0.6 is 0 Å². The number of aryl methyl sites for hydroxylation is 1. The van der Waals surface area contributed by atoms with Gasteiger partial charge < -0.3 is 19.4 Å². The van der Waals surface area contributed by atoms with Crippen molar-refractivity contribution in [3.63, 3.8) is 0 Å². The molecular weight excluding hydrogens is 358 g/mol. The number of nitrogens with zero attached hydrogens (tertiary/aromatic N) is 2. The average molecular weight is 379 g/mol. The number of methoxy groups -OCH3 is 1. The first-order valence-electron chi connectivity index (χ1n) is 8.80. The standard InChI is InChI=1S/C21H21N3O4/c1-27-19-7-2-4-16(12-19)14-28-21(26)17-5-3-6-18(13-17)23-20(25)8-10-24-11-9-22-15-24/h2-7,9,11-13,15H,8,10,14H2,1H3,(H,23,25). The van der Waals surface area contributed by atoms with E-state index >= 15 is 0 Å². The molecule has 0 spiro atoms. The van der Waals surface area contributed by atoms with E-state index in [2.05, 4.69) is 10.3 Å². The Morgan fingerprint density at radius 1 is 1.14 bits per heavy atom. The number of anilines is 1. The van der Waals surface area contributed by atoms with Crippen LogP contribution in [0.25, 0.3) is 0 Å². The van der Waals surface area contributed by atoms with Crippen molar-refractivity contribution in [2.75, 3.05) is 12.4 Å². The molecule has 0 saturated carbocycles. The topological polar surface area (TPSA) is 82.5 Å². The second kappa shape index (κ2) is 9.36. The first kappa shape index (κ1) is 19.2. The van der Waals surface area contributed by atoms with Crippen LogP contribution in [0.3, 0.4) is 0 Å². The summed E-state index contributed by atoms with van der Waals surface area (Å²) in [6.07, 6.45) is 5.43. The Kier molecular flexibility index (Phi) is 6.41. The monoisotopic (exact) mass is 379 g/mol. The Hall–Kier alpha value is -3.61. The van der Waals surface area contributed by atoms with Gasteiger partial charge in [-0.15, -0.1) is 0 Å². The lowest BCUT2D eigenvalue weighted by atomic mass is 10.2. The average Bonchev–Trinajstić information content (AvgIpc) is 3.24. The summed E-state index contributed by atoms with van der Waals surface area (Å²) in [5.41, 5.74) is 1.75. The minimum atomic E-state index is -0.461. The second-order valence-corrected chi connectivity index (χ2v) is 6.11. The number of rotatable bonds is 8. The van der Waals surface area contributed by atoms with Crippen LogP contribution < -0.4 is 10.1 Å². The largest absolute Gasteiger partial charge is 0.497 e. The zero-order valence-corrected chi connectivity index (χ0v) is 15.5. The lowest BCUT2D eigenvalue weighted by Crippen LogP contribution is -2.14. The predicted octanol–water partition coefficient (Wildman–Crippen LogP) is 3.28. The lowest BCUT2D eigenvalue weighted by Gasteiger charge is -2.09. The van der Waals surface area contributed by atoms with Gasteiger partial charge in [0.05, 0.1) is 19.0 Å². The van der Waals surface area contributed by atoms with Crippen LogP contribution in [-0.2, 0) is 22.7 Å². The summed E-state index contributed by atoms with van der Waals surface area (Å²) < 4.78 is 12.3. The van der Waals surface area contributed by atoms with Gasteiger partial charge in [0.2, 0.25) is 5.91 Å². The van der Waals surface area contributed by atoms with E-state index < -0.39 is 5.97 Å². The number of esters is 1. The molecule has 2 aromatic carbocycles. The van der Waals surface area contributed by atoms with Gasteiger partial charge in [0.1, 0.15) is 12.4 Å². The molecule has 3 rings (SSSR count). The third-order valence-corrected chi connectivity index (χ3v) is 4.04. The molecule has 0 atom stereocenters. The van der Waals surface area contributed by atoms with E-state index in [4.69, 9.17) is 9.47 Å². The van der Waals surface area contributed by atoms with Crippen LogP contribution in [0.5, 0.6) is 5.75 Å². The highest BCUT2D eigenvalue weighted by atomic mass is 16.5. The van der Waals surface area contributed by atoms with Gasteiger partial charge in [-0.05, 0) is 35.9 Å². The summed E-state index contributed by atoms with van der Waals surface area (Å²) in [7, 11) is 1.58. The third-order valence-electron chi connectivity index (χ3n) is 4.04. The van der Waals surface area contributed by atoms with Gasteiger partial charge in [-0.1, -0.05) is 18.2 Å². The molecule has 0 radical (unpaired) electrons. The molecule has 28 heavy (non-hydrogen) atoms. The molecule has 1 aromatic heterocycles. The fraction of sp³-hybridized carbons (Fsp3) is 0.190. The number of nitrogens with one attached hydrogen (secondary N) is 1. The van der Waals surface area contributed by atoms with Crippen LogP contribution in [0.2, 0.25) is 0 Å². The van der Waals surface area contributed by atoms with Crippen LogP contribution in [0, 0.1) is 0 Å². The fourth-order valence-electron chi connectivity index (χ4n) is 2.59. The zero-order valence-electron chi connectivity index (χ0n) is 15.5. The molecule has 0 fully saturated rings. The minimum Gasteiger partial charge on any atom is -0.497 e. The summed E-state index contributed by atoms with van der Waals surface area (Å²) in [5.74, 6) is 0.0990. The van der Waals surface area contributed by atoms with Crippen molar-refractivity contribution in [2.24, 2.45) is 0 Å². The summed E-state index contributed by atoms with van der Waals surface area (Å²) in [4.78, 5) is 28.3. The smallest absolute Gasteiger partial charge is 0.338 e. The van der Waals surface area contributed by atoms with Crippen molar-refractivity contribution in [3.8, 4) is 5.75 Å². The molecule has 1 amide bonds. The molecule has 0 aliphatic carbocycles. The summed E-state index contributed by atoms with van der Waals surface area (Å²) in [6.45, 7) is 0.672. The summed E-state index contributed by atoms with van der Waals surface area (Å²) in [5, 5.41) is 2.79. The maximum Gasteiger partial charge on any atom is 0.338 e. The molecule has 0 unspecified atom stereocenters. The van der Waals surface area contributed by atoms with Crippen LogP contribution in [-0.4, -0.2) is 28.5 Å². The van der Waals surface area contributed by atoms with E-state index in [9.17, 15) is 9.59 Å². The Labute approximate surface area is 162 Å². The Balaban J connectivity index is 1.54. The summed E-state index contributed by atoms with van der Waals surface area (Å²) >= 11 is 0. The van der Waals surface area contributed by atoms with E-state index in [1.165, 1.54) is 0 Å². The normalized spacial score (nSPS) is 10.3. The van der Waals surface area contributed by atoms with Crippen molar-refractivity contribution in [1.82, 2.24) is 9.55 Å². The molecule has 1 N–H and O–H groups in total. The molecule has 0 bridgehead atoms. The van der Waals surface area contributed by atoms with E-state index in [0.29, 0.717) is 30.0 Å². The molecule has 0 aliphatic rings. The third kappa shape index (κ3) is 5.44. The number of carbonyl (C=O) groups excluding carboxylic acids is 2. The number of aromatic nitrogens is 2. The van der Waals surface area contributed by atoms with Gasteiger partial charge in [0, 0.05) is 31.0 Å². The molecule has 144 valence electrons. The molecule has 0 saturated heterocycles. The molecular formula is C21H21N3O4. The SMILES string of the molecule is COc1cccc(COC(=O)c2cccc(NC(=O)CCn3ccnc3)c2)c1. The van der Waals surface area contributed by atoms with Crippen LogP contribution in [0.15, 0.2) is 67.3 Å².